The molecule has 0 aromatic heterocycles. The lowest BCUT2D eigenvalue weighted by atomic mass is 9.90. The molecule has 2 fully saturated rings. The van der Waals surface area contributed by atoms with Gasteiger partial charge in [0.2, 0.25) is 0 Å². The highest BCUT2D eigenvalue weighted by Crippen LogP contribution is 2.55. The van der Waals surface area contributed by atoms with Crippen LogP contribution in [0.3, 0.4) is 0 Å². The first-order chi connectivity index (χ1) is 8.26. The second kappa shape index (κ2) is 4.60. The number of rotatable bonds is 4. The van der Waals surface area contributed by atoms with Gasteiger partial charge in [0.1, 0.15) is 0 Å². The molecule has 0 bridgehead atoms. The van der Waals surface area contributed by atoms with Crippen LogP contribution in [0.5, 0.6) is 0 Å². The van der Waals surface area contributed by atoms with Crippen LogP contribution >= 0.6 is 11.6 Å². The summed E-state index contributed by atoms with van der Waals surface area (Å²) in [4.78, 5) is 0. The van der Waals surface area contributed by atoms with Crippen molar-refractivity contribution in [1.29, 1.82) is 0 Å². The summed E-state index contributed by atoms with van der Waals surface area (Å²) < 4.78 is 0. The SMILES string of the molecule is NNC(Cc1cccc(Cl)c1)C1CC2CC2C1. The quantitative estimate of drug-likeness (QED) is 0.637. The molecule has 92 valence electrons. The highest BCUT2D eigenvalue weighted by molar-refractivity contribution is 6.30. The van der Waals surface area contributed by atoms with Crippen LogP contribution in [-0.2, 0) is 6.42 Å². The van der Waals surface area contributed by atoms with Crippen LogP contribution in [0, 0.1) is 17.8 Å². The third-order valence-electron chi connectivity index (χ3n) is 4.41. The van der Waals surface area contributed by atoms with Gasteiger partial charge in [0.25, 0.3) is 0 Å². The predicted octanol–water partition coefficient (Wildman–Crippen LogP) is 2.76. The molecule has 0 aliphatic heterocycles. The van der Waals surface area contributed by atoms with Crippen molar-refractivity contribution in [2.24, 2.45) is 23.6 Å². The van der Waals surface area contributed by atoms with Gasteiger partial charge in [-0.1, -0.05) is 23.7 Å². The van der Waals surface area contributed by atoms with Gasteiger partial charge in [-0.2, -0.15) is 0 Å². The van der Waals surface area contributed by atoms with Crippen molar-refractivity contribution < 1.29 is 0 Å². The molecule has 2 aliphatic carbocycles. The molecule has 2 nitrogen and oxygen atoms in total. The lowest BCUT2D eigenvalue weighted by molar-refractivity contribution is 0.336. The summed E-state index contributed by atoms with van der Waals surface area (Å²) >= 11 is 6.01. The van der Waals surface area contributed by atoms with Crippen molar-refractivity contribution in [3.05, 3.63) is 34.9 Å². The van der Waals surface area contributed by atoms with Gasteiger partial charge in [0.05, 0.1) is 0 Å². The molecular formula is C14H19ClN2. The third-order valence-corrected chi connectivity index (χ3v) is 4.64. The molecule has 3 unspecified atom stereocenters. The van der Waals surface area contributed by atoms with E-state index in [-0.39, 0.29) is 0 Å². The Labute approximate surface area is 108 Å². The molecule has 1 aromatic rings. The smallest absolute Gasteiger partial charge is 0.0408 e. The van der Waals surface area contributed by atoms with E-state index in [1.807, 2.05) is 18.2 Å². The molecule has 3 N–H and O–H groups in total. The Morgan fingerprint density at radius 3 is 2.71 bits per heavy atom. The lowest BCUT2D eigenvalue weighted by Gasteiger charge is -2.24. The van der Waals surface area contributed by atoms with Crippen molar-refractivity contribution in [3.8, 4) is 0 Å². The lowest BCUT2D eigenvalue weighted by Crippen LogP contribution is -2.42. The summed E-state index contributed by atoms with van der Waals surface area (Å²) in [7, 11) is 0. The largest absolute Gasteiger partial charge is 0.271 e. The zero-order valence-corrected chi connectivity index (χ0v) is 10.7. The standard InChI is InChI=1S/C14H19ClN2/c15-13-3-1-2-9(4-13)5-14(17-16)12-7-10-6-11(10)8-12/h1-4,10-12,14,17H,5-8,16H2. The number of nitrogens with one attached hydrogen (secondary N) is 1. The minimum Gasteiger partial charge on any atom is -0.271 e. The summed E-state index contributed by atoms with van der Waals surface area (Å²) in [5, 5.41) is 0.813. The van der Waals surface area contributed by atoms with Gasteiger partial charge in [0.15, 0.2) is 0 Å². The summed E-state index contributed by atoms with van der Waals surface area (Å²) in [5.74, 6) is 8.49. The summed E-state index contributed by atoms with van der Waals surface area (Å²) in [6.07, 6.45) is 5.17. The molecule has 3 atom stereocenters. The number of hydrogen-bond acceptors (Lipinski definition) is 2. The van der Waals surface area contributed by atoms with Crippen LogP contribution in [0.25, 0.3) is 0 Å². The fourth-order valence-corrected chi connectivity index (χ4v) is 3.58. The monoisotopic (exact) mass is 250 g/mol. The van der Waals surface area contributed by atoms with E-state index in [0.29, 0.717) is 6.04 Å². The molecule has 0 spiro atoms. The van der Waals surface area contributed by atoms with Gasteiger partial charge in [-0.15, -0.1) is 0 Å². The van der Waals surface area contributed by atoms with E-state index < -0.39 is 0 Å². The van der Waals surface area contributed by atoms with Crippen LogP contribution in [0.4, 0.5) is 0 Å². The number of halogens is 1. The van der Waals surface area contributed by atoms with Crippen molar-refractivity contribution in [2.45, 2.75) is 31.7 Å². The normalized spacial score (nSPS) is 32.2. The maximum atomic E-state index is 6.01. The Hall–Kier alpha value is -0.570. The fourth-order valence-electron chi connectivity index (χ4n) is 3.37. The average molecular weight is 251 g/mol. The van der Waals surface area contributed by atoms with E-state index in [9.17, 15) is 0 Å². The second-order valence-electron chi connectivity index (χ2n) is 5.59. The molecule has 0 amide bonds. The van der Waals surface area contributed by atoms with Gasteiger partial charge in [-0.3, -0.25) is 11.3 Å². The Kier molecular flexibility index (Phi) is 3.12. The minimum atomic E-state index is 0.404. The van der Waals surface area contributed by atoms with Crippen LogP contribution < -0.4 is 11.3 Å². The van der Waals surface area contributed by atoms with E-state index in [2.05, 4.69) is 11.5 Å². The molecule has 3 rings (SSSR count). The van der Waals surface area contributed by atoms with Crippen molar-refractivity contribution in [2.75, 3.05) is 0 Å². The highest BCUT2D eigenvalue weighted by Gasteiger charge is 2.47. The Bertz CT molecular complexity index is 397. The van der Waals surface area contributed by atoms with Gasteiger partial charge < -0.3 is 0 Å². The number of nitrogens with two attached hydrogens (primary N) is 1. The van der Waals surface area contributed by atoms with E-state index in [1.54, 1.807) is 0 Å². The molecular weight excluding hydrogens is 232 g/mol. The average Bonchev–Trinajstić information content (AvgIpc) is 2.93. The van der Waals surface area contributed by atoms with Crippen molar-refractivity contribution in [3.63, 3.8) is 0 Å². The topological polar surface area (TPSA) is 38.0 Å². The Morgan fingerprint density at radius 1 is 1.29 bits per heavy atom. The molecule has 17 heavy (non-hydrogen) atoms. The molecule has 0 radical (unpaired) electrons. The zero-order chi connectivity index (χ0) is 11.8. The van der Waals surface area contributed by atoms with Crippen LogP contribution in [0.2, 0.25) is 5.02 Å². The second-order valence-corrected chi connectivity index (χ2v) is 6.03. The summed E-state index contributed by atoms with van der Waals surface area (Å²) in [5.41, 5.74) is 4.29. The summed E-state index contributed by atoms with van der Waals surface area (Å²) in [6, 6.07) is 8.51. The first-order valence-electron chi connectivity index (χ1n) is 6.47. The van der Waals surface area contributed by atoms with Gasteiger partial charge in [-0.25, -0.2) is 0 Å². The number of benzene rings is 1. The van der Waals surface area contributed by atoms with Gasteiger partial charge >= 0.3 is 0 Å². The van der Waals surface area contributed by atoms with Crippen LogP contribution in [0.15, 0.2) is 24.3 Å². The van der Waals surface area contributed by atoms with Crippen molar-refractivity contribution >= 4 is 11.6 Å². The molecule has 2 aliphatic rings. The van der Waals surface area contributed by atoms with Crippen molar-refractivity contribution in [1.82, 2.24) is 5.43 Å². The third kappa shape index (κ3) is 2.49. The maximum absolute atomic E-state index is 6.01. The first kappa shape index (κ1) is 11.5. The Balaban J connectivity index is 1.65. The molecule has 3 heteroatoms. The van der Waals surface area contributed by atoms with Gasteiger partial charge in [-0.05, 0) is 61.1 Å². The van der Waals surface area contributed by atoms with Gasteiger partial charge in [0, 0.05) is 11.1 Å². The van der Waals surface area contributed by atoms with E-state index in [0.717, 1.165) is 29.2 Å². The maximum Gasteiger partial charge on any atom is 0.0408 e. The van der Waals surface area contributed by atoms with Crippen LogP contribution in [0.1, 0.15) is 24.8 Å². The fraction of sp³-hybridized carbons (Fsp3) is 0.571. The zero-order valence-electron chi connectivity index (χ0n) is 9.90. The van der Waals surface area contributed by atoms with E-state index in [1.165, 1.54) is 24.8 Å². The van der Waals surface area contributed by atoms with E-state index in [4.69, 9.17) is 17.4 Å². The summed E-state index contributed by atoms with van der Waals surface area (Å²) in [6.45, 7) is 0. The van der Waals surface area contributed by atoms with Crippen LogP contribution in [-0.4, -0.2) is 6.04 Å². The predicted molar refractivity (Wildman–Crippen MR) is 70.6 cm³/mol. The molecule has 0 heterocycles. The molecule has 0 saturated heterocycles. The number of hydrazine groups is 1. The molecule has 1 aromatic carbocycles. The first-order valence-corrected chi connectivity index (χ1v) is 6.84. The molecule has 2 saturated carbocycles. The Morgan fingerprint density at radius 2 is 2.06 bits per heavy atom. The highest BCUT2D eigenvalue weighted by atomic mass is 35.5. The van der Waals surface area contributed by atoms with E-state index >= 15 is 0 Å². The number of hydrogen-bond donors (Lipinski definition) is 2. The minimum absolute atomic E-state index is 0.404. The number of fused-ring (bicyclic) bond motifs is 1.